The second-order valence-electron chi connectivity index (χ2n) is 4.03. The Labute approximate surface area is 113 Å². The lowest BCUT2D eigenvalue weighted by molar-refractivity contribution is 0.305. The summed E-state index contributed by atoms with van der Waals surface area (Å²) in [7, 11) is 0. The van der Waals surface area contributed by atoms with Crippen LogP contribution in [0, 0.1) is 0 Å². The van der Waals surface area contributed by atoms with E-state index in [1.807, 2.05) is 55.5 Å². The smallest absolute Gasteiger partial charge is 0.119 e. The quantitative estimate of drug-likeness (QED) is 0.618. The number of anilines is 1. The van der Waals surface area contributed by atoms with E-state index in [-0.39, 0.29) is 0 Å². The van der Waals surface area contributed by atoms with E-state index in [0.717, 1.165) is 22.7 Å². The number of ether oxygens (including phenoxy) is 2. The van der Waals surface area contributed by atoms with E-state index in [9.17, 15) is 0 Å². The first-order chi connectivity index (χ1) is 9.31. The van der Waals surface area contributed by atoms with Gasteiger partial charge >= 0.3 is 0 Å². The molecule has 0 saturated heterocycles. The van der Waals surface area contributed by atoms with Crippen LogP contribution in [0.5, 0.6) is 11.5 Å². The van der Waals surface area contributed by atoms with E-state index in [2.05, 4.69) is 5.43 Å². The van der Waals surface area contributed by atoms with Crippen molar-refractivity contribution in [3.63, 3.8) is 0 Å². The Bertz CT molecular complexity index is 495. The third-order valence-electron chi connectivity index (χ3n) is 2.66. The molecule has 0 aliphatic carbocycles. The van der Waals surface area contributed by atoms with Crippen LogP contribution in [0.2, 0.25) is 0 Å². The molecule has 0 unspecified atom stereocenters. The molecule has 100 valence electrons. The van der Waals surface area contributed by atoms with Gasteiger partial charge in [-0.25, -0.2) is 0 Å². The summed E-state index contributed by atoms with van der Waals surface area (Å²) in [6.07, 6.45) is 0. The van der Waals surface area contributed by atoms with Gasteiger partial charge in [-0.05, 0) is 48.9 Å². The lowest BCUT2D eigenvalue weighted by Gasteiger charge is -2.08. The lowest BCUT2D eigenvalue weighted by Crippen LogP contribution is -2.06. The Morgan fingerprint density at radius 1 is 0.895 bits per heavy atom. The van der Waals surface area contributed by atoms with Crippen LogP contribution in [0.1, 0.15) is 12.5 Å². The third kappa shape index (κ3) is 3.89. The van der Waals surface area contributed by atoms with Crippen LogP contribution < -0.4 is 20.7 Å². The van der Waals surface area contributed by atoms with Crippen LogP contribution in [-0.4, -0.2) is 6.61 Å². The minimum absolute atomic E-state index is 0.530. The van der Waals surface area contributed by atoms with Crippen molar-refractivity contribution in [1.29, 1.82) is 0 Å². The predicted octanol–water partition coefficient (Wildman–Crippen LogP) is 2.95. The van der Waals surface area contributed by atoms with Gasteiger partial charge in [0.1, 0.15) is 18.1 Å². The summed E-state index contributed by atoms with van der Waals surface area (Å²) < 4.78 is 11.1. The molecule has 19 heavy (non-hydrogen) atoms. The lowest BCUT2D eigenvalue weighted by atomic mass is 10.2. The molecule has 0 heterocycles. The third-order valence-corrected chi connectivity index (χ3v) is 2.66. The molecule has 0 spiro atoms. The number of nitrogens with two attached hydrogens (primary N) is 1. The highest BCUT2D eigenvalue weighted by Crippen LogP contribution is 2.17. The summed E-state index contributed by atoms with van der Waals surface area (Å²) in [5.74, 6) is 6.99. The number of nitrogen functional groups attached to an aromatic ring is 1. The summed E-state index contributed by atoms with van der Waals surface area (Å²) in [6, 6.07) is 15.4. The molecule has 2 rings (SSSR count). The van der Waals surface area contributed by atoms with Crippen molar-refractivity contribution >= 4 is 5.69 Å². The van der Waals surface area contributed by atoms with E-state index in [1.165, 1.54) is 0 Å². The maximum atomic E-state index is 5.68. The zero-order valence-corrected chi connectivity index (χ0v) is 10.9. The largest absolute Gasteiger partial charge is 0.494 e. The molecule has 4 heteroatoms. The SMILES string of the molecule is CCOc1ccc(COc2ccc(NN)cc2)cc1. The van der Waals surface area contributed by atoms with E-state index in [4.69, 9.17) is 15.3 Å². The molecule has 0 bridgehead atoms. The first-order valence-electron chi connectivity index (χ1n) is 6.23. The van der Waals surface area contributed by atoms with Crippen molar-refractivity contribution in [2.24, 2.45) is 5.84 Å². The van der Waals surface area contributed by atoms with Crippen LogP contribution in [0.3, 0.4) is 0 Å². The van der Waals surface area contributed by atoms with Crippen molar-refractivity contribution in [2.75, 3.05) is 12.0 Å². The summed E-state index contributed by atoms with van der Waals surface area (Å²) >= 11 is 0. The minimum Gasteiger partial charge on any atom is -0.494 e. The maximum absolute atomic E-state index is 5.68. The summed E-state index contributed by atoms with van der Waals surface area (Å²) in [5, 5.41) is 0. The molecule has 3 N–H and O–H groups in total. The van der Waals surface area contributed by atoms with Crippen molar-refractivity contribution in [3.05, 3.63) is 54.1 Å². The number of nitrogens with one attached hydrogen (secondary N) is 1. The highest BCUT2D eigenvalue weighted by molar-refractivity contribution is 5.45. The van der Waals surface area contributed by atoms with Gasteiger partial charge in [-0.2, -0.15) is 0 Å². The molecule has 0 fully saturated rings. The van der Waals surface area contributed by atoms with Gasteiger partial charge in [0.25, 0.3) is 0 Å². The van der Waals surface area contributed by atoms with E-state index < -0.39 is 0 Å². The number of hydrogen-bond acceptors (Lipinski definition) is 4. The van der Waals surface area contributed by atoms with Crippen molar-refractivity contribution < 1.29 is 9.47 Å². The van der Waals surface area contributed by atoms with Gasteiger partial charge in [0.15, 0.2) is 0 Å². The topological polar surface area (TPSA) is 56.5 Å². The molecule has 0 atom stereocenters. The molecule has 0 amide bonds. The zero-order valence-electron chi connectivity index (χ0n) is 10.9. The average Bonchev–Trinajstić information content (AvgIpc) is 2.47. The first-order valence-corrected chi connectivity index (χ1v) is 6.23. The van der Waals surface area contributed by atoms with Gasteiger partial charge in [-0.1, -0.05) is 12.1 Å². The maximum Gasteiger partial charge on any atom is 0.119 e. The number of rotatable bonds is 6. The van der Waals surface area contributed by atoms with Gasteiger partial charge in [0.2, 0.25) is 0 Å². The van der Waals surface area contributed by atoms with Crippen LogP contribution in [0.15, 0.2) is 48.5 Å². The monoisotopic (exact) mass is 258 g/mol. The fourth-order valence-electron chi connectivity index (χ4n) is 1.66. The molecular weight excluding hydrogens is 240 g/mol. The second-order valence-corrected chi connectivity index (χ2v) is 4.03. The second kappa shape index (κ2) is 6.66. The zero-order chi connectivity index (χ0) is 13.5. The van der Waals surface area contributed by atoms with Crippen LogP contribution in [0.4, 0.5) is 5.69 Å². The molecule has 4 nitrogen and oxygen atoms in total. The van der Waals surface area contributed by atoms with E-state index in [1.54, 1.807) is 0 Å². The highest BCUT2D eigenvalue weighted by atomic mass is 16.5. The summed E-state index contributed by atoms with van der Waals surface area (Å²) in [4.78, 5) is 0. The van der Waals surface area contributed by atoms with Crippen molar-refractivity contribution in [2.45, 2.75) is 13.5 Å². The number of benzene rings is 2. The minimum atomic E-state index is 0.530. The molecule has 0 radical (unpaired) electrons. The summed E-state index contributed by atoms with van der Waals surface area (Å²) in [5.41, 5.74) is 4.53. The molecular formula is C15H18N2O2. The molecule has 2 aromatic carbocycles. The number of hydrogen-bond donors (Lipinski definition) is 2. The van der Waals surface area contributed by atoms with Crippen LogP contribution in [-0.2, 0) is 6.61 Å². The Morgan fingerprint density at radius 3 is 2.05 bits per heavy atom. The Kier molecular flexibility index (Phi) is 4.64. The Balaban J connectivity index is 1.90. The normalized spacial score (nSPS) is 10.0. The molecule has 0 aromatic heterocycles. The molecule has 0 aliphatic heterocycles. The standard InChI is InChI=1S/C15H18N2O2/c1-2-18-14-7-3-12(4-8-14)11-19-15-9-5-13(17-16)6-10-15/h3-10,17H,2,11,16H2,1H3. The highest BCUT2D eigenvalue weighted by Gasteiger charge is 1.98. The summed E-state index contributed by atoms with van der Waals surface area (Å²) in [6.45, 7) is 3.18. The van der Waals surface area contributed by atoms with Gasteiger partial charge in [0, 0.05) is 5.69 Å². The molecule has 0 aliphatic rings. The van der Waals surface area contributed by atoms with Gasteiger partial charge in [-0.15, -0.1) is 0 Å². The average molecular weight is 258 g/mol. The Morgan fingerprint density at radius 2 is 1.47 bits per heavy atom. The van der Waals surface area contributed by atoms with Gasteiger partial charge in [-0.3, -0.25) is 5.84 Å². The van der Waals surface area contributed by atoms with E-state index in [0.29, 0.717) is 13.2 Å². The van der Waals surface area contributed by atoms with Crippen molar-refractivity contribution in [1.82, 2.24) is 0 Å². The first kappa shape index (κ1) is 13.2. The molecule has 0 saturated carbocycles. The Hall–Kier alpha value is -2.20. The molecule has 2 aromatic rings. The van der Waals surface area contributed by atoms with Gasteiger partial charge < -0.3 is 14.9 Å². The number of hydrazine groups is 1. The fourth-order valence-corrected chi connectivity index (χ4v) is 1.66. The van der Waals surface area contributed by atoms with Crippen molar-refractivity contribution in [3.8, 4) is 11.5 Å². The van der Waals surface area contributed by atoms with Crippen LogP contribution in [0.25, 0.3) is 0 Å². The van der Waals surface area contributed by atoms with E-state index >= 15 is 0 Å². The van der Waals surface area contributed by atoms with Gasteiger partial charge in [0.05, 0.1) is 6.61 Å². The predicted molar refractivity (Wildman–Crippen MR) is 76.2 cm³/mol. The fraction of sp³-hybridized carbons (Fsp3) is 0.200. The van der Waals surface area contributed by atoms with Crippen LogP contribution >= 0.6 is 0 Å².